The van der Waals surface area contributed by atoms with E-state index in [1.807, 2.05) is 10.5 Å². The maximum Gasteiger partial charge on any atom is 0.257 e. The predicted octanol–water partition coefficient (Wildman–Crippen LogP) is 2.27. The fourth-order valence-electron chi connectivity index (χ4n) is 3.94. The van der Waals surface area contributed by atoms with E-state index in [-0.39, 0.29) is 11.9 Å². The average Bonchev–Trinajstić information content (AvgIpc) is 3.28. The van der Waals surface area contributed by atoms with Gasteiger partial charge < -0.3 is 15.0 Å². The van der Waals surface area contributed by atoms with Gasteiger partial charge in [-0.1, -0.05) is 0 Å². The second-order valence-electron chi connectivity index (χ2n) is 7.88. The van der Waals surface area contributed by atoms with Crippen LogP contribution >= 0.6 is 0 Å². The summed E-state index contributed by atoms with van der Waals surface area (Å²) in [5, 5.41) is 11.7. The second kappa shape index (κ2) is 8.83. The highest BCUT2D eigenvalue weighted by Crippen LogP contribution is 2.25. The molecule has 10 nitrogen and oxygen atoms in total. The van der Waals surface area contributed by atoms with Crippen molar-refractivity contribution >= 4 is 23.2 Å². The first-order valence-electron chi connectivity index (χ1n) is 10.6. The number of methoxy groups -OCH3 is 1. The van der Waals surface area contributed by atoms with E-state index in [0.717, 1.165) is 24.7 Å². The summed E-state index contributed by atoms with van der Waals surface area (Å²) >= 11 is 0. The molecule has 0 bridgehead atoms. The molecule has 1 atom stereocenters. The Hall–Kier alpha value is -4.05. The van der Waals surface area contributed by atoms with Gasteiger partial charge in [0.25, 0.3) is 5.91 Å². The van der Waals surface area contributed by atoms with Crippen LogP contribution in [0.15, 0.2) is 61.1 Å². The van der Waals surface area contributed by atoms with Gasteiger partial charge >= 0.3 is 0 Å². The summed E-state index contributed by atoms with van der Waals surface area (Å²) in [6, 6.07) is 12.5. The molecule has 1 aromatic carbocycles. The Labute approximate surface area is 190 Å². The first-order valence-corrected chi connectivity index (χ1v) is 10.6. The third-order valence-electron chi connectivity index (χ3n) is 5.82. The van der Waals surface area contributed by atoms with Crippen LogP contribution in [-0.4, -0.2) is 69.2 Å². The zero-order valence-electron chi connectivity index (χ0n) is 18.4. The van der Waals surface area contributed by atoms with Gasteiger partial charge in [0.05, 0.1) is 18.7 Å². The Morgan fingerprint density at radius 2 is 1.85 bits per heavy atom. The van der Waals surface area contributed by atoms with E-state index in [2.05, 4.69) is 42.3 Å². The fraction of sp³-hybridized carbons (Fsp3) is 0.261. The lowest BCUT2D eigenvalue weighted by atomic mass is 10.1. The van der Waals surface area contributed by atoms with Crippen LogP contribution in [0.4, 0.5) is 11.6 Å². The number of hydrogen-bond donors (Lipinski definition) is 1. The number of pyridine rings is 1. The summed E-state index contributed by atoms with van der Waals surface area (Å²) in [5.41, 5.74) is 1.89. The number of rotatable bonds is 5. The highest BCUT2D eigenvalue weighted by molar-refractivity contribution is 6.04. The number of piperazine rings is 1. The third kappa shape index (κ3) is 4.20. The van der Waals surface area contributed by atoms with Crippen LogP contribution in [0.3, 0.4) is 0 Å². The smallest absolute Gasteiger partial charge is 0.257 e. The van der Waals surface area contributed by atoms with Gasteiger partial charge in [0.15, 0.2) is 11.5 Å². The molecular weight excluding hydrogens is 420 g/mol. The van der Waals surface area contributed by atoms with E-state index in [1.54, 1.807) is 62.1 Å². The second-order valence-corrected chi connectivity index (χ2v) is 7.88. The molecule has 3 aromatic heterocycles. The van der Waals surface area contributed by atoms with Crippen molar-refractivity contribution in [3.8, 4) is 5.75 Å². The number of ether oxygens (including phenoxy) is 1. The summed E-state index contributed by atoms with van der Waals surface area (Å²) in [6.45, 7) is 2.32. The van der Waals surface area contributed by atoms with Gasteiger partial charge in [0.2, 0.25) is 5.95 Å². The van der Waals surface area contributed by atoms with Crippen LogP contribution in [0.2, 0.25) is 0 Å². The van der Waals surface area contributed by atoms with Gasteiger partial charge in [-0.05, 0) is 49.5 Å². The summed E-state index contributed by atoms with van der Waals surface area (Å²) in [5.74, 6) is 1.99. The zero-order valence-corrected chi connectivity index (χ0v) is 18.4. The number of anilines is 2. The quantitative estimate of drug-likeness (QED) is 0.500. The molecule has 1 aliphatic rings. The minimum absolute atomic E-state index is 0.0301. The van der Waals surface area contributed by atoms with Crippen molar-refractivity contribution in [3.05, 3.63) is 72.4 Å². The van der Waals surface area contributed by atoms with Gasteiger partial charge in [-0.15, -0.1) is 10.2 Å². The molecule has 1 aliphatic heterocycles. The summed E-state index contributed by atoms with van der Waals surface area (Å²) in [7, 11) is 3.67. The van der Waals surface area contributed by atoms with Crippen molar-refractivity contribution in [2.75, 3.05) is 44.0 Å². The summed E-state index contributed by atoms with van der Waals surface area (Å²) in [4.78, 5) is 26.0. The van der Waals surface area contributed by atoms with Crippen LogP contribution in [0, 0.1) is 0 Å². The Kier molecular flexibility index (Phi) is 5.57. The number of hydrogen-bond acceptors (Lipinski definition) is 8. The molecule has 1 N–H and O–H groups in total. The highest BCUT2D eigenvalue weighted by Gasteiger charge is 2.30. The van der Waals surface area contributed by atoms with E-state index >= 15 is 0 Å². The van der Waals surface area contributed by atoms with Gasteiger partial charge in [-0.2, -0.15) is 0 Å². The number of amides is 1. The number of carbonyl (C=O) groups is 1. The molecule has 1 amide bonds. The van der Waals surface area contributed by atoms with E-state index in [1.165, 1.54) is 0 Å². The number of likely N-dealkylation sites (N-methyl/N-ethyl adjacent to an activating group) is 1. The minimum atomic E-state index is -0.210. The maximum atomic E-state index is 12.9. The molecule has 33 heavy (non-hydrogen) atoms. The Bertz CT molecular complexity index is 1260. The van der Waals surface area contributed by atoms with E-state index < -0.39 is 0 Å². The average molecular weight is 444 g/mol. The van der Waals surface area contributed by atoms with Crippen molar-refractivity contribution in [1.82, 2.24) is 29.5 Å². The molecule has 4 aromatic rings. The van der Waals surface area contributed by atoms with Crippen molar-refractivity contribution in [2.45, 2.75) is 6.04 Å². The molecule has 0 aliphatic carbocycles. The first kappa shape index (κ1) is 20.8. The summed E-state index contributed by atoms with van der Waals surface area (Å²) < 4.78 is 7.06. The normalized spacial score (nSPS) is 16.7. The van der Waals surface area contributed by atoms with Crippen molar-refractivity contribution in [2.24, 2.45) is 0 Å². The van der Waals surface area contributed by atoms with Gasteiger partial charge in [-0.25, -0.2) is 9.97 Å². The number of carbonyl (C=O) groups excluding carboxylic acids is 1. The predicted molar refractivity (Wildman–Crippen MR) is 124 cm³/mol. The van der Waals surface area contributed by atoms with E-state index in [0.29, 0.717) is 29.4 Å². The van der Waals surface area contributed by atoms with E-state index in [4.69, 9.17) is 4.74 Å². The van der Waals surface area contributed by atoms with Crippen LogP contribution in [0.25, 0.3) is 5.65 Å². The van der Waals surface area contributed by atoms with Crippen LogP contribution in [0.5, 0.6) is 5.75 Å². The standard InChI is InChI=1S/C23H24N8O2/c1-29-12-13-30(23-24-10-3-11-25-23)15-19(29)21-28-27-20-9-4-16(14-31(20)21)22(32)26-17-5-7-18(33-2)8-6-17/h3-11,14,19H,12-13,15H2,1-2H3,(H,26,32)/t19-/m1/s1. The molecule has 1 saturated heterocycles. The fourth-order valence-corrected chi connectivity index (χ4v) is 3.94. The number of aromatic nitrogens is 5. The summed E-state index contributed by atoms with van der Waals surface area (Å²) in [6.07, 6.45) is 5.28. The lowest BCUT2D eigenvalue weighted by molar-refractivity contribution is 0.102. The molecule has 5 rings (SSSR count). The van der Waals surface area contributed by atoms with Crippen molar-refractivity contribution in [3.63, 3.8) is 0 Å². The number of fused-ring (bicyclic) bond motifs is 1. The monoisotopic (exact) mass is 444 g/mol. The molecule has 0 unspecified atom stereocenters. The molecule has 10 heteroatoms. The first-order chi connectivity index (χ1) is 16.1. The molecule has 0 radical (unpaired) electrons. The zero-order chi connectivity index (χ0) is 22.8. The van der Waals surface area contributed by atoms with Gasteiger partial charge in [0, 0.05) is 43.9 Å². The lowest BCUT2D eigenvalue weighted by Gasteiger charge is -2.38. The molecule has 4 heterocycles. The molecule has 168 valence electrons. The van der Waals surface area contributed by atoms with Crippen molar-refractivity contribution in [1.29, 1.82) is 0 Å². The molecule has 0 saturated carbocycles. The SMILES string of the molecule is COc1ccc(NC(=O)c2ccc3nnc([C@H]4CN(c5ncccn5)CCN4C)n3c2)cc1. The van der Waals surface area contributed by atoms with Crippen molar-refractivity contribution < 1.29 is 9.53 Å². The highest BCUT2D eigenvalue weighted by atomic mass is 16.5. The number of nitrogens with one attached hydrogen (secondary N) is 1. The number of benzene rings is 1. The minimum Gasteiger partial charge on any atom is -0.497 e. The van der Waals surface area contributed by atoms with E-state index in [9.17, 15) is 4.79 Å². The molecule has 0 spiro atoms. The Balaban J connectivity index is 1.41. The van der Waals surface area contributed by atoms with Crippen LogP contribution in [-0.2, 0) is 0 Å². The topological polar surface area (TPSA) is 101 Å². The van der Waals surface area contributed by atoms with Gasteiger partial charge in [-0.3, -0.25) is 14.1 Å². The maximum absolute atomic E-state index is 12.9. The Morgan fingerprint density at radius 3 is 2.61 bits per heavy atom. The van der Waals surface area contributed by atoms with Crippen LogP contribution in [0.1, 0.15) is 22.2 Å². The Morgan fingerprint density at radius 1 is 1.06 bits per heavy atom. The largest absolute Gasteiger partial charge is 0.497 e. The lowest BCUT2D eigenvalue weighted by Crippen LogP contribution is -2.47. The van der Waals surface area contributed by atoms with Gasteiger partial charge in [0.1, 0.15) is 5.75 Å². The molecule has 1 fully saturated rings. The number of nitrogens with zero attached hydrogens (tertiary/aromatic N) is 7. The van der Waals surface area contributed by atoms with Crippen LogP contribution < -0.4 is 15.0 Å². The molecular formula is C23H24N8O2. The third-order valence-corrected chi connectivity index (χ3v) is 5.82.